The summed E-state index contributed by atoms with van der Waals surface area (Å²) in [6.45, 7) is 3.54. The van der Waals surface area contributed by atoms with Gasteiger partial charge in [0.15, 0.2) is 11.5 Å². The van der Waals surface area contributed by atoms with Gasteiger partial charge in [0.1, 0.15) is 0 Å². The molecule has 1 aromatic carbocycles. The number of carbonyl (C=O) groups is 1. The minimum Gasteiger partial charge on any atom is -0.353 e. The van der Waals surface area contributed by atoms with Crippen molar-refractivity contribution >= 4 is 28.8 Å². The quantitative estimate of drug-likeness (QED) is 0.548. The van der Waals surface area contributed by atoms with E-state index in [0.717, 1.165) is 42.1 Å². The second-order valence-electron chi connectivity index (χ2n) is 7.53. The molecule has 1 aliphatic rings. The number of hydrogen-bond acceptors (Lipinski definition) is 4. The maximum absolute atomic E-state index is 12.8. The number of fused-ring (bicyclic) bond motifs is 1. The third-order valence-corrected chi connectivity index (χ3v) is 5.72. The summed E-state index contributed by atoms with van der Waals surface area (Å²) in [5, 5.41) is 8.25. The third-order valence-electron chi connectivity index (χ3n) is 5.48. The number of rotatable bonds is 4. The van der Waals surface area contributed by atoms with Crippen molar-refractivity contribution < 1.29 is 4.79 Å². The molecule has 8 heteroatoms. The first-order chi connectivity index (χ1) is 14.6. The van der Waals surface area contributed by atoms with Crippen LogP contribution in [0.15, 0.2) is 61.2 Å². The molecule has 1 aliphatic heterocycles. The van der Waals surface area contributed by atoms with E-state index in [1.807, 2.05) is 43.6 Å². The molecule has 0 saturated carbocycles. The Bertz CT molecular complexity index is 1230. The van der Waals surface area contributed by atoms with Crippen molar-refractivity contribution in [3.63, 3.8) is 0 Å². The van der Waals surface area contributed by atoms with Gasteiger partial charge in [-0.15, -0.1) is 0 Å². The average Bonchev–Trinajstić information content (AvgIpc) is 3.48. The summed E-state index contributed by atoms with van der Waals surface area (Å²) in [5.74, 6) is 0.780. The van der Waals surface area contributed by atoms with E-state index in [9.17, 15) is 4.79 Å². The Labute approximate surface area is 178 Å². The van der Waals surface area contributed by atoms with Gasteiger partial charge in [0.2, 0.25) is 0 Å². The molecule has 0 radical (unpaired) electrons. The maximum atomic E-state index is 12.8. The lowest BCUT2D eigenvalue weighted by molar-refractivity contribution is 0.0935. The van der Waals surface area contributed by atoms with Gasteiger partial charge in [-0.05, 0) is 55.3 Å². The summed E-state index contributed by atoms with van der Waals surface area (Å²) >= 11 is 6.03. The first kappa shape index (κ1) is 18.7. The number of nitrogens with one attached hydrogen (secondary N) is 1. The first-order valence-corrected chi connectivity index (χ1v) is 10.3. The number of nitrogens with zero attached hydrogens (tertiary/aromatic N) is 5. The Hall–Kier alpha value is -3.32. The Kier molecular flexibility index (Phi) is 4.67. The van der Waals surface area contributed by atoms with Crippen LogP contribution < -0.4 is 10.2 Å². The zero-order valence-corrected chi connectivity index (χ0v) is 17.3. The maximum Gasteiger partial charge on any atom is 0.272 e. The van der Waals surface area contributed by atoms with Crippen molar-refractivity contribution in [3.05, 3.63) is 77.5 Å². The molecule has 152 valence electrons. The van der Waals surface area contributed by atoms with Crippen LogP contribution in [0.2, 0.25) is 5.02 Å². The number of aryl methyl sites for hydroxylation is 1. The highest BCUT2D eigenvalue weighted by Crippen LogP contribution is 2.24. The molecule has 30 heavy (non-hydrogen) atoms. The fraction of sp³-hybridized carbons (Fsp3) is 0.227. The molecule has 1 amide bonds. The minimum atomic E-state index is -0.166. The Balaban J connectivity index is 1.27. The second kappa shape index (κ2) is 7.50. The van der Waals surface area contributed by atoms with Gasteiger partial charge in [0.05, 0.1) is 11.2 Å². The van der Waals surface area contributed by atoms with Crippen molar-refractivity contribution in [2.45, 2.75) is 19.4 Å². The summed E-state index contributed by atoms with van der Waals surface area (Å²) in [6.07, 6.45) is 8.41. The molecule has 0 unspecified atom stereocenters. The van der Waals surface area contributed by atoms with Crippen LogP contribution in [0, 0.1) is 6.92 Å². The van der Waals surface area contributed by atoms with Crippen LogP contribution in [0.4, 0.5) is 5.82 Å². The smallest absolute Gasteiger partial charge is 0.272 e. The van der Waals surface area contributed by atoms with Crippen LogP contribution in [-0.2, 0) is 0 Å². The number of hydrogen-bond donors (Lipinski definition) is 1. The molecule has 0 spiro atoms. The number of anilines is 1. The topological polar surface area (TPSA) is 67.5 Å². The Morgan fingerprint density at radius 1 is 1.20 bits per heavy atom. The van der Waals surface area contributed by atoms with E-state index in [4.69, 9.17) is 11.6 Å². The van der Waals surface area contributed by atoms with Gasteiger partial charge in [-0.1, -0.05) is 11.6 Å². The molecular formula is C22H21ClN6O. The molecule has 1 saturated heterocycles. The Morgan fingerprint density at radius 3 is 2.97 bits per heavy atom. The fourth-order valence-corrected chi connectivity index (χ4v) is 4.21. The molecule has 0 bridgehead atoms. The summed E-state index contributed by atoms with van der Waals surface area (Å²) in [7, 11) is 0. The van der Waals surface area contributed by atoms with E-state index in [2.05, 4.69) is 30.8 Å². The summed E-state index contributed by atoms with van der Waals surface area (Å²) in [4.78, 5) is 19.5. The Morgan fingerprint density at radius 2 is 2.10 bits per heavy atom. The van der Waals surface area contributed by atoms with Gasteiger partial charge in [0, 0.05) is 48.9 Å². The van der Waals surface area contributed by atoms with Gasteiger partial charge in [-0.25, -0.2) is 9.67 Å². The first-order valence-electron chi connectivity index (χ1n) is 9.88. The van der Waals surface area contributed by atoms with E-state index in [0.29, 0.717) is 10.7 Å². The number of halogens is 1. The zero-order chi connectivity index (χ0) is 20.7. The van der Waals surface area contributed by atoms with Crippen LogP contribution in [0.1, 0.15) is 22.5 Å². The van der Waals surface area contributed by atoms with Gasteiger partial charge < -0.3 is 14.6 Å². The number of benzene rings is 1. The zero-order valence-electron chi connectivity index (χ0n) is 16.5. The molecule has 0 aliphatic carbocycles. The highest BCUT2D eigenvalue weighted by molar-refractivity contribution is 6.30. The second-order valence-corrected chi connectivity index (χ2v) is 7.97. The van der Waals surface area contributed by atoms with Gasteiger partial charge in [0.25, 0.3) is 5.91 Å². The molecule has 3 aromatic heterocycles. The molecule has 1 atom stereocenters. The van der Waals surface area contributed by atoms with Crippen molar-refractivity contribution in [2.24, 2.45) is 0 Å². The summed E-state index contributed by atoms with van der Waals surface area (Å²) in [5.41, 5.74) is 3.36. The fourth-order valence-electron chi connectivity index (χ4n) is 3.98. The van der Waals surface area contributed by atoms with Crippen molar-refractivity contribution in [1.29, 1.82) is 0 Å². The highest BCUT2D eigenvalue weighted by atomic mass is 35.5. The minimum absolute atomic E-state index is 0.0527. The van der Waals surface area contributed by atoms with Gasteiger partial charge in [-0.2, -0.15) is 5.10 Å². The monoisotopic (exact) mass is 420 g/mol. The molecule has 4 aromatic rings. The van der Waals surface area contributed by atoms with Crippen molar-refractivity contribution in [2.75, 3.05) is 18.0 Å². The highest BCUT2D eigenvalue weighted by Gasteiger charge is 2.27. The van der Waals surface area contributed by atoms with E-state index in [1.54, 1.807) is 23.1 Å². The van der Waals surface area contributed by atoms with Crippen molar-refractivity contribution in [3.8, 4) is 5.69 Å². The lowest BCUT2D eigenvalue weighted by Gasteiger charge is -2.18. The van der Waals surface area contributed by atoms with Gasteiger partial charge in [-0.3, -0.25) is 4.79 Å². The molecule has 4 heterocycles. The summed E-state index contributed by atoms with van der Waals surface area (Å²) < 4.78 is 3.76. The summed E-state index contributed by atoms with van der Waals surface area (Å²) in [6, 6.07) is 11.4. The molecule has 5 rings (SSSR count). The molecule has 1 fully saturated rings. The lowest BCUT2D eigenvalue weighted by atomic mass is 10.2. The number of amides is 1. The standard InChI is InChI=1S/C22H21ClN6O/c1-15-13-16(23)4-5-19(15)29-11-7-18(26-29)22(30)25-17-6-10-28(14-17)21-20-3-2-9-27(20)12-8-24-21/h2-5,7-9,11-13,17H,6,10,14H2,1H3,(H,25,30)/t17-/m0/s1. The largest absolute Gasteiger partial charge is 0.353 e. The van der Waals surface area contributed by atoms with Gasteiger partial charge >= 0.3 is 0 Å². The number of carbonyl (C=O) groups excluding carboxylic acids is 1. The predicted octanol–water partition coefficient (Wildman–Crippen LogP) is 3.49. The third kappa shape index (κ3) is 3.41. The van der Waals surface area contributed by atoms with Crippen LogP contribution in [0.3, 0.4) is 0 Å². The predicted molar refractivity (Wildman–Crippen MR) is 117 cm³/mol. The van der Waals surface area contributed by atoms with E-state index < -0.39 is 0 Å². The average molecular weight is 421 g/mol. The molecule has 1 N–H and O–H groups in total. The molecule has 7 nitrogen and oxygen atoms in total. The van der Waals surface area contributed by atoms with Crippen LogP contribution in [-0.4, -0.2) is 44.2 Å². The lowest BCUT2D eigenvalue weighted by Crippen LogP contribution is -2.37. The van der Waals surface area contributed by atoms with Crippen LogP contribution in [0.5, 0.6) is 0 Å². The van der Waals surface area contributed by atoms with Crippen LogP contribution in [0.25, 0.3) is 11.2 Å². The normalized spacial score (nSPS) is 16.3. The van der Waals surface area contributed by atoms with E-state index in [1.165, 1.54) is 0 Å². The van der Waals surface area contributed by atoms with E-state index >= 15 is 0 Å². The van der Waals surface area contributed by atoms with Crippen LogP contribution >= 0.6 is 11.6 Å². The SMILES string of the molecule is Cc1cc(Cl)ccc1-n1ccc(C(=O)N[C@H]2CCN(c3nccn4cccc34)C2)n1. The van der Waals surface area contributed by atoms with Crippen molar-refractivity contribution in [1.82, 2.24) is 24.5 Å². The van der Waals surface area contributed by atoms with E-state index in [-0.39, 0.29) is 11.9 Å². The number of aromatic nitrogens is 4. The molecular weight excluding hydrogens is 400 g/mol.